The Morgan fingerprint density at radius 3 is 2.40 bits per heavy atom. The topological polar surface area (TPSA) is 141 Å². The molecule has 0 heterocycles. The number of amides is 1. The van der Waals surface area contributed by atoms with Crippen molar-refractivity contribution in [3.05, 3.63) is 46.2 Å². The van der Waals surface area contributed by atoms with E-state index in [1.54, 1.807) is 6.92 Å². The quantitative estimate of drug-likeness (QED) is 0.436. The lowest BCUT2D eigenvalue weighted by Crippen LogP contribution is -2.62. The molecule has 10 heteroatoms. The molecule has 0 saturated heterocycles. The van der Waals surface area contributed by atoms with Gasteiger partial charge in [-0.25, -0.2) is 0 Å². The van der Waals surface area contributed by atoms with Crippen LogP contribution < -0.4 is 5.73 Å². The van der Waals surface area contributed by atoms with Crippen LogP contribution in [0.15, 0.2) is 29.5 Å². The Morgan fingerprint density at radius 1 is 1.23 bits per heavy atom. The number of alkyl halides is 3. The van der Waals surface area contributed by atoms with Gasteiger partial charge in [0.05, 0.1) is 27.9 Å². The van der Waals surface area contributed by atoms with Crippen LogP contribution >= 0.6 is 0 Å². The van der Waals surface area contributed by atoms with Crippen LogP contribution in [0.2, 0.25) is 0 Å². The van der Waals surface area contributed by atoms with Gasteiger partial charge >= 0.3 is 6.18 Å². The minimum absolute atomic E-state index is 0.0140. The van der Waals surface area contributed by atoms with Gasteiger partial charge in [-0.1, -0.05) is 13.0 Å². The monoisotopic (exact) mass is 493 g/mol. The van der Waals surface area contributed by atoms with Gasteiger partial charge in [0.2, 0.25) is 0 Å². The van der Waals surface area contributed by atoms with Crippen molar-refractivity contribution in [3.63, 3.8) is 0 Å². The van der Waals surface area contributed by atoms with Gasteiger partial charge < -0.3 is 26.2 Å². The van der Waals surface area contributed by atoms with Gasteiger partial charge in [0.1, 0.15) is 22.9 Å². The maximum Gasteiger partial charge on any atom is 0.395 e. The summed E-state index contributed by atoms with van der Waals surface area (Å²) in [7, 11) is 0. The average molecular weight is 493 g/mol. The van der Waals surface area contributed by atoms with Crippen LogP contribution in [0.1, 0.15) is 61.0 Å². The highest BCUT2D eigenvalue weighted by Crippen LogP contribution is 2.59. The van der Waals surface area contributed by atoms with E-state index < -0.39 is 63.5 Å². The molecule has 4 atom stereocenters. The Kier molecular flexibility index (Phi) is 5.40. The van der Waals surface area contributed by atoms with Gasteiger partial charge in [-0.05, 0) is 61.3 Å². The molecule has 35 heavy (non-hydrogen) atoms. The maximum atomic E-state index is 14.0. The Morgan fingerprint density at radius 2 is 1.86 bits per heavy atom. The van der Waals surface area contributed by atoms with Gasteiger partial charge in [-0.15, -0.1) is 0 Å². The lowest BCUT2D eigenvalue weighted by Gasteiger charge is -2.54. The molecule has 0 aromatic heterocycles. The molecular formula is C25H26F3NO6. The molecule has 0 bridgehead atoms. The van der Waals surface area contributed by atoms with Gasteiger partial charge in [-0.2, -0.15) is 13.2 Å². The number of phenolic OH excluding ortho intramolecular Hbond substituents is 2. The van der Waals surface area contributed by atoms with E-state index in [1.165, 1.54) is 13.0 Å². The highest BCUT2D eigenvalue weighted by atomic mass is 19.4. The number of aliphatic hydroxyl groups is 2. The fourth-order valence-corrected chi connectivity index (χ4v) is 6.25. The smallest absolute Gasteiger partial charge is 0.395 e. The van der Waals surface area contributed by atoms with Crippen LogP contribution in [0.25, 0.3) is 10.8 Å². The van der Waals surface area contributed by atoms with E-state index in [0.717, 1.165) is 19.1 Å². The highest BCUT2D eigenvalue weighted by Gasteiger charge is 2.64. The highest BCUT2D eigenvalue weighted by molar-refractivity contribution is 6.13. The van der Waals surface area contributed by atoms with Crippen molar-refractivity contribution in [2.75, 3.05) is 0 Å². The van der Waals surface area contributed by atoms with Crippen molar-refractivity contribution >= 4 is 22.5 Å². The van der Waals surface area contributed by atoms with Crippen molar-refractivity contribution in [3.8, 4) is 11.5 Å². The summed E-state index contributed by atoms with van der Waals surface area (Å²) in [6.45, 7) is 3.78. The number of fused-ring (bicyclic) bond motifs is 3. The number of aromatic hydroxyl groups is 2. The number of halogens is 3. The molecule has 2 aliphatic rings. The number of hydrogen-bond donors (Lipinski definition) is 5. The van der Waals surface area contributed by atoms with Crippen molar-refractivity contribution in [2.24, 2.45) is 17.1 Å². The van der Waals surface area contributed by atoms with E-state index in [2.05, 4.69) is 0 Å². The molecule has 1 amide bonds. The Labute approximate surface area is 198 Å². The van der Waals surface area contributed by atoms with Crippen LogP contribution in [-0.4, -0.2) is 43.9 Å². The Hall–Kier alpha value is -3.27. The van der Waals surface area contributed by atoms with Crippen LogP contribution in [0.3, 0.4) is 0 Å². The Balaban J connectivity index is 2.04. The molecule has 7 nitrogen and oxygen atoms in total. The zero-order valence-corrected chi connectivity index (χ0v) is 19.3. The molecule has 188 valence electrons. The number of Topliss-reactive ketones (excluding diaryl/α,β-unsaturated/α-hetero) is 1. The number of rotatable bonds is 3. The number of aliphatic hydroxyl groups excluding tert-OH is 1. The van der Waals surface area contributed by atoms with E-state index in [0.29, 0.717) is 0 Å². The van der Waals surface area contributed by atoms with E-state index in [1.807, 2.05) is 0 Å². The third-order valence-corrected chi connectivity index (χ3v) is 8.01. The second-order valence-electron chi connectivity index (χ2n) is 9.64. The summed E-state index contributed by atoms with van der Waals surface area (Å²) < 4.78 is 40.6. The minimum Gasteiger partial charge on any atom is -0.512 e. The molecule has 4 unspecified atom stereocenters. The molecule has 4 rings (SSSR count). The lowest BCUT2D eigenvalue weighted by molar-refractivity contribution is -0.146. The number of carbonyl (C=O) groups is 2. The standard InChI is InChI=1S/C25H26F3NO6/c1-4-24-12(9-16(31)19(22(29)34)23(24,3)35)7-11-8-14-13(10(2)25(26,27)28)5-6-15(30)18(14)20(32)17(11)21(24)33/h5-6,8,10,12,30-32,35H,4,7,9H2,1-3H3,(H2,29,34). The summed E-state index contributed by atoms with van der Waals surface area (Å²) in [4.78, 5) is 26.1. The fraction of sp³-hybridized carbons (Fsp3) is 0.440. The third kappa shape index (κ3) is 3.15. The first kappa shape index (κ1) is 24.8. The SMILES string of the molecule is CCC12C(=O)c3c(cc4c(C(C)C(F)(F)F)ccc(O)c4c3O)CC1CC(O)=C(C(N)=O)C2(C)O. The predicted octanol–water partition coefficient (Wildman–Crippen LogP) is 4.12. The number of benzene rings is 2. The van der Waals surface area contributed by atoms with Gasteiger partial charge in [0.25, 0.3) is 5.91 Å². The number of phenols is 2. The van der Waals surface area contributed by atoms with Crippen molar-refractivity contribution in [2.45, 2.75) is 57.7 Å². The number of hydrogen-bond acceptors (Lipinski definition) is 6. The molecule has 2 aromatic rings. The molecule has 2 aliphatic carbocycles. The Bertz CT molecular complexity index is 1310. The summed E-state index contributed by atoms with van der Waals surface area (Å²) in [6, 6.07) is 3.50. The van der Waals surface area contributed by atoms with Crippen LogP contribution in [0, 0.1) is 11.3 Å². The predicted molar refractivity (Wildman–Crippen MR) is 120 cm³/mol. The molecule has 0 fully saturated rings. The zero-order valence-electron chi connectivity index (χ0n) is 19.3. The number of allylic oxidation sites excluding steroid dienone is 1. The summed E-state index contributed by atoms with van der Waals surface area (Å²) >= 11 is 0. The van der Waals surface area contributed by atoms with E-state index in [9.17, 15) is 43.2 Å². The molecule has 0 aliphatic heterocycles. The average Bonchev–Trinajstić information content (AvgIpc) is 2.71. The maximum absolute atomic E-state index is 14.0. The first-order chi connectivity index (χ1) is 16.1. The largest absolute Gasteiger partial charge is 0.512 e. The van der Waals surface area contributed by atoms with Crippen molar-refractivity contribution in [1.82, 2.24) is 0 Å². The molecule has 6 N–H and O–H groups in total. The molecular weight excluding hydrogens is 467 g/mol. The molecule has 0 spiro atoms. The lowest BCUT2D eigenvalue weighted by atomic mass is 9.49. The fourth-order valence-electron chi connectivity index (χ4n) is 6.25. The van der Waals surface area contributed by atoms with E-state index in [-0.39, 0.29) is 46.7 Å². The van der Waals surface area contributed by atoms with Gasteiger partial charge in [0.15, 0.2) is 5.78 Å². The molecule has 0 saturated carbocycles. The summed E-state index contributed by atoms with van der Waals surface area (Å²) in [5.41, 5.74) is 0.872. The van der Waals surface area contributed by atoms with Crippen LogP contribution in [0.4, 0.5) is 13.2 Å². The number of primary amides is 1. The summed E-state index contributed by atoms with van der Waals surface area (Å²) in [6.07, 6.45) is -4.73. The third-order valence-electron chi connectivity index (χ3n) is 8.01. The second kappa shape index (κ2) is 7.61. The van der Waals surface area contributed by atoms with E-state index in [4.69, 9.17) is 5.73 Å². The van der Waals surface area contributed by atoms with Crippen molar-refractivity contribution in [1.29, 1.82) is 0 Å². The summed E-state index contributed by atoms with van der Waals surface area (Å²) in [5.74, 6) is -6.15. The van der Waals surface area contributed by atoms with Gasteiger partial charge in [0, 0.05) is 6.42 Å². The molecule has 2 aromatic carbocycles. The normalized spacial score (nSPS) is 27.5. The first-order valence-corrected chi connectivity index (χ1v) is 11.2. The second-order valence-corrected chi connectivity index (χ2v) is 9.64. The molecule has 0 radical (unpaired) electrons. The zero-order chi connectivity index (χ0) is 26.2. The van der Waals surface area contributed by atoms with Crippen LogP contribution in [-0.2, 0) is 11.2 Å². The number of carbonyl (C=O) groups excluding carboxylic acids is 2. The minimum atomic E-state index is -4.59. The number of ketones is 1. The van der Waals surface area contributed by atoms with Gasteiger partial charge in [-0.3, -0.25) is 9.59 Å². The van der Waals surface area contributed by atoms with Crippen molar-refractivity contribution < 1.29 is 43.2 Å². The first-order valence-electron chi connectivity index (χ1n) is 11.2. The van der Waals surface area contributed by atoms with Crippen LogP contribution in [0.5, 0.6) is 11.5 Å². The van der Waals surface area contributed by atoms with E-state index >= 15 is 0 Å². The number of nitrogens with two attached hydrogens (primary N) is 1. The summed E-state index contributed by atoms with van der Waals surface area (Å²) in [5, 5.41) is 43.3.